The van der Waals surface area contributed by atoms with Gasteiger partial charge in [-0.2, -0.15) is 4.98 Å². The number of methoxy groups -OCH3 is 1. The third-order valence-corrected chi connectivity index (χ3v) is 4.94. The molecule has 3 heterocycles. The first-order chi connectivity index (χ1) is 15.5. The van der Waals surface area contributed by atoms with E-state index >= 15 is 0 Å². The highest BCUT2D eigenvalue weighted by atomic mass is 16.5. The molecule has 1 amide bonds. The Morgan fingerprint density at radius 1 is 1.12 bits per heavy atom. The smallest absolute Gasteiger partial charge is 0.352 e. The maximum Gasteiger partial charge on any atom is 0.352 e. The van der Waals surface area contributed by atoms with Gasteiger partial charge in [0.25, 0.3) is 5.56 Å². The van der Waals surface area contributed by atoms with Gasteiger partial charge in [-0.05, 0) is 48.9 Å². The minimum atomic E-state index is -0.700. The monoisotopic (exact) mass is 431 g/mol. The zero-order valence-electron chi connectivity index (χ0n) is 17.6. The first-order valence-electron chi connectivity index (χ1n) is 9.90. The first kappa shape index (κ1) is 21.0. The van der Waals surface area contributed by atoms with Crippen LogP contribution in [-0.2, 0) is 17.9 Å². The summed E-state index contributed by atoms with van der Waals surface area (Å²) in [5, 5.41) is 2.81. The summed E-state index contributed by atoms with van der Waals surface area (Å²) in [6, 6.07) is 13.9. The van der Waals surface area contributed by atoms with Gasteiger partial charge in [-0.25, -0.2) is 4.79 Å². The Morgan fingerprint density at radius 2 is 1.97 bits per heavy atom. The second kappa shape index (κ2) is 8.84. The number of hydrogen-bond donors (Lipinski definition) is 1. The Kier molecular flexibility index (Phi) is 5.80. The molecule has 0 unspecified atom stereocenters. The van der Waals surface area contributed by atoms with E-state index in [1.54, 1.807) is 54.9 Å². The standard InChI is InChI=1S/C23H21N5O4/c1-15-8-9-19(32-2)18(12-15)25-20(29)14-27-11-5-7-17-21(27)26-23(31)28(22(17)30)13-16-6-3-4-10-24-16/h3-12H,13-14H2,1-2H3,(H,25,29). The van der Waals surface area contributed by atoms with Crippen LogP contribution in [0.2, 0.25) is 0 Å². The molecule has 0 bridgehead atoms. The number of pyridine rings is 2. The highest BCUT2D eigenvalue weighted by Crippen LogP contribution is 2.25. The van der Waals surface area contributed by atoms with E-state index in [0.29, 0.717) is 17.1 Å². The van der Waals surface area contributed by atoms with E-state index < -0.39 is 11.2 Å². The number of fused-ring (bicyclic) bond motifs is 1. The molecule has 2 aromatic rings. The summed E-state index contributed by atoms with van der Waals surface area (Å²) in [4.78, 5) is 46.5. The normalized spacial score (nSPS) is 10.8. The molecule has 0 saturated carbocycles. The third-order valence-electron chi connectivity index (χ3n) is 4.94. The zero-order chi connectivity index (χ0) is 22.7. The van der Waals surface area contributed by atoms with E-state index in [4.69, 9.17) is 4.74 Å². The zero-order valence-corrected chi connectivity index (χ0v) is 17.6. The summed E-state index contributed by atoms with van der Waals surface area (Å²) < 4.78 is 7.80. The van der Waals surface area contributed by atoms with E-state index in [2.05, 4.69) is 15.3 Å². The molecule has 1 N–H and O–H groups in total. The number of aryl methyl sites for hydroxylation is 1. The molecular formula is C23H21N5O4. The number of ether oxygens (including phenoxy) is 1. The number of hydrogen-bond acceptors (Lipinski definition) is 6. The van der Waals surface area contributed by atoms with E-state index in [1.165, 1.54) is 11.7 Å². The predicted octanol–water partition coefficient (Wildman–Crippen LogP) is 1.91. The van der Waals surface area contributed by atoms with Crippen molar-refractivity contribution >= 4 is 11.6 Å². The van der Waals surface area contributed by atoms with Crippen molar-refractivity contribution in [3.8, 4) is 17.1 Å². The number of aromatic nitrogens is 4. The average Bonchev–Trinajstić information content (AvgIpc) is 2.78. The molecule has 0 atom stereocenters. The van der Waals surface area contributed by atoms with E-state index in [0.717, 1.165) is 10.1 Å². The number of nitrogens with zero attached hydrogens (tertiary/aromatic N) is 4. The second-order valence-corrected chi connectivity index (χ2v) is 7.23. The van der Waals surface area contributed by atoms with Crippen LogP contribution in [0, 0.1) is 6.92 Å². The minimum absolute atomic E-state index is 0.0178. The van der Waals surface area contributed by atoms with E-state index in [-0.39, 0.29) is 30.4 Å². The second-order valence-electron chi connectivity index (χ2n) is 7.23. The van der Waals surface area contributed by atoms with Crippen molar-refractivity contribution in [1.82, 2.24) is 19.1 Å². The molecule has 0 aliphatic carbocycles. The largest absolute Gasteiger partial charge is 0.495 e. The Morgan fingerprint density at radius 3 is 2.72 bits per heavy atom. The molecule has 9 nitrogen and oxygen atoms in total. The molecule has 4 rings (SSSR count). The molecule has 9 heteroatoms. The molecule has 0 saturated heterocycles. The Balaban J connectivity index is 1.64. The number of benzene rings is 1. The van der Waals surface area contributed by atoms with Gasteiger partial charge in [0.15, 0.2) is 5.82 Å². The van der Waals surface area contributed by atoms with Crippen molar-refractivity contribution in [2.45, 2.75) is 20.0 Å². The summed E-state index contributed by atoms with van der Waals surface area (Å²) in [7, 11) is 1.52. The molecule has 162 valence electrons. The summed E-state index contributed by atoms with van der Waals surface area (Å²) in [5.74, 6) is 0.327. The maximum atomic E-state index is 13.0. The number of carbonyl (C=O) groups is 1. The summed E-state index contributed by atoms with van der Waals surface area (Å²) >= 11 is 0. The number of amides is 1. The van der Waals surface area contributed by atoms with Crippen molar-refractivity contribution in [1.29, 1.82) is 0 Å². The molecule has 0 spiro atoms. The SMILES string of the molecule is COc1ccc(C)cc1NC(=O)Cn1cccc2c(=O)n(Cc3ccccn3)c(=O)nc1-2. The van der Waals surface area contributed by atoms with Gasteiger partial charge in [-0.1, -0.05) is 12.1 Å². The van der Waals surface area contributed by atoms with Crippen LogP contribution in [0.3, 0.4) is 0 Å². The number of anilines is 1. The fraction of sp³-hybridized carbons (Fsp3) is 0.174. The van der Waals surface area contributed by atoms with Crippen LogP contribution < -0.4 is 21.3 Å². The van der Waals surface area contributed by atoms with Gasteiger partial charge in [0.1, 0.15) is 12.3 Å². The topological polar surface area (TPSA) is 108 Å². The highest BCUT2D eigenvalue weighted by molar-refractivity contribution is 5.92. The lowest BCUT2D eigenvalue weighted by Crippen LogP contribution is -2.38. The van der Waals surface area contributed by atoms with Gasteiger partial charge in [0, 0.05) is 12.4 Å². The van der Waals surface area contributed by atoms with Gasteiger partial charge < -0.3 is 14.6 Å². The summed E-state index contributed by atoms with van der Waals surface area (Å²) in [5.41, 5.74) is 1.13. The highest BCUT2D eigenvalue weighted by Gasteiger charge is 2.19. The first-order valence-corrected chi connectivity index (χ1v) is 9.90. The van der Waals surface area contributed by atoms with Crippen LogP contribution in [0.4, 0.5) is 5.69 Å². The van der Waals surface area contributed by atoms with E-state index in [1.807, 2.05) is 13.0 Å². The lowest BCUT2D eigenvalue weighted by atomic mass is 10.2. The Labute approximate surface area is 183 Å². The molecular weight excluding hydrogens is 410 g/mol. The van der Waals surface area contributed by atoms with Crippen LogP contribution in [0.1, 0.15) is 11.3 Å². The number of rotatable bonds is 6. The molecule has 1 aromatic carbocycles. The maximum absolute atomic E-state index is 13.0. The van der Waals surface area contributed by atoms with Crippen molar-refractivity contribution < 1.29 is 9.53 Å². The molecule has 32 heavy (non-hydrogen) atoms. The average molecular weight is 431 g/mol. The van der Waals surface area contributed by atoms with E-state index in [9.17, 15) is 14.4 Å². The van der Waals surface area contributed by atoms with Crippen molar-refractivity contribution in [3.05, 3.63) is 93.0 Å². The quantitative estimate of drug-likeness (QED) is 0.500. The summed E-state index contributed by atoms with van der Waals surface area (Å²) in [6.07, 6.45) is 3.19. The van der Waals surface area contributed by atoms with Crippen LogP contribution in [0.15, 0.2) is 70.5 Å². The molecule has 2 aliphatic rings. The van der Waals surface area contributed by atoms with Crippen molar-refractivity contribution in [2.24, 2.45) is 0 Å². The molecule has 2 aliphatic heterocycles. The third kappa shape index (κ3) is 4.27. The number of carbonyl (C=O) groups excluding carboxylic acids is 1. The van der Waals surface area contributed by atoms with Crippen molar-refractivity contribution in [3.63, 3.8) is 0 Å². The van der Waals surface area contributed by atoms with Crippen LogP contribution in [-0.4, -0.2) is 32.1 Å². The number of nitrogens with one attached hydrogen (secondary N) is 1. The van der Waals surface area contributed by atoms with Crippen LogP contribution >= 0.6 is 0 Å². The van der Waals surface area contributed by atoms with Gasteiger partial charge in [0.2, 0.25) is 5.91 Å². The predicted molar refractivity (Wildman–Crippen MR) is 119 cm³/mol. The fourth-order valence-corrected chi connectivity index (χ4v) is 3.40. The Hall–Kier alpha value is -4.27. The minimum Gasteiger partial charge on any atom is -0.495 e. The molecule has 1 aromatic heterocycles. The van der Waals surface area contributed by atoms with Gasteiger partial charge in [-0.3, -0.25) is 19.1 Å². The van der Waals surface area contributed by atoms with Gasteiger partial charge >= 0.3 is 5.69 Å². The van der Waals surface area contributed by atoms with Crippen molar-refractivity contribution in [2.75, 3.05) is 12.4 Å². The summed E-state index contributed by atoms with van der Waals surface area (Å²) in [6.45, 7) is 1.79. The lowest BCUT2D eigenvalue weighted by Gasteiger charge is -2.16. The van der Waals surface area contributed by atoms with Gasteiger partial charge in [0.05, 0.1) is 30.6 Å². The fourth-order valence-electron chi connectivity index (χ4n) is 3.40. The van der Waals surface area contributed by atoms with Gasteiger partial charge in [-0.15, -0.1) is 0 Å². The Bertz CT molecular complexity index is 1360. The lowest BCUT2D eigenvalue weighted by molar-refractivity contribution is -0.116. The molecule has 0 fully saturated rings. The van der Waals surface area contributed by atoms with Crippen LogP contribution in [0.25, 0.3) is 11.4 Å². The van der Waals surface area contributed by atoms with Crippen LogP contribution in [0.5, 0.6) is 5.75 Å². The molecule has 0 radical (unpaired) electrons.